The van der Waals surface area contributed by atoms with Gasteiger partial charge < -0.3 is 15.0 Å². The Hall–Kier alpha value is -2.57. The fourth-order valence-electron chi connectivity index (χ4n) is 4.17. The standard InChI is InChI=1S/C22H28N4O2/c1-16-7-3-4-8-17(16)18-15-21(27)24-22(23-18)26-13-11-25(12-14-26)19-9-5-6-10-20(19)28-2/h3-10,18,22-23H,11-15H2,1-2H3,(H,24,27). The van der Waals surface area contributed by atoms with Gasteiger partial charge in [-0.2, -0.15) is 0 Å². The molecule has 2 aromatic carbocycles. The zero-order valence-electron chi connectivity index (χ0n) is 16.5. The first-order valence-electron chi connectivity index (χ1n) is 9.88. The van der Waals surface area contributed by atoms with Crippen LogP contribution in [0.25, 0.3) is 0 Å². The number of aryl methyl sites for hydroxylation is 1. The lowest BCUT2D eigenvalue weighted by Gasteiger charge is -2.43. The Bertz CT molecular complexity index is 833. The maximum absolute atomic E-state index is 12.4. The molecule has 148 valence electrons. The van der Waals surface area contributed by atoms with Crippen LogP contribution in [0.2, 0.25) is 0 Å². The Balaban J connectivity index is 1.43. The van der Waals surface area contributed by atoms with Gasteiger partial charge in [-0.25, -0.2) is 0 Å². The fraction of sp³-hybridized carbons (Fsp3) is 0.409. The van der Waals surface area contributed by atoms with Gasteiger partial charge in [0.25, 0.3) is 0 Å². The molecule has 6 heteroatoms. The Morgan fingerprint density at radius 3 is 2.46 bits per heavy atom. The molecule has 0 aliphatic carbocycles. The summed E-state index contributed by atoms with van der Waals surface area (Å²) in [5.41, 5.74) is 3.55. The zero-order valence-corrected chi connectivity index (χ0v) is 16.5. The van der Waals surface area contributed by atoms with Gasteiger partial charge in [0.1, 0.15) is 12.0 Å². The number of hydrogen-bond acceptors (Lipinski definition) is 5. The number of benzene rings is 2. The van der Waals surface area contributed by atoms with Crippen LogP contribution in [0.3, 0.4) is 0 Å². The topological polar surface area (TPSA) is 56.8 Å². The lowest BCUT2D eigenvalue weighted by molar-refractivity contribution is -0.127. The van der Waals surface area contributed by atoms with E-state index in [2.05, 4.69) is 45.6 Å². The van der Waals surface area contributed by atoms with Gasteiger partial charge in [0.15, 0.2) is 0 Å². The molecule has 0 spiro atoms. The number of piperazine rings is 1. The van der Waals surface area contributed by atoms with Crippen molar-refractivity contribution in [1.82, 2.24) is 15.5 Å². The van der Waals surface area contributed by atoms with Crippen LogP contribution in [0, 0.1) is 6.92 Å². The molecule has 0 radical (unpaired) electrons. The van der Waals surface area contributed by atoms with E-state index in [1.165, 1.54) is 11.1 Å². The van der Waals surface area contributed by atoms with Gasteiger partial charge in [-0.15, -0.1) is 0 Å². The van der Waals surface area contributed by atoms with Gasteiger partial charge >= 0.3 is 0 Å². The van der Waals surface area contributed by atoms with Crippen molar-refractivity contribution in [1.29, 1.82) is 0 Å². The van der Waals surface area contributed by atoms with Gasteiger partial charge in [0.05, 0.1) is 12.8 Å². The van der Waals surface area contributed by atoms with E-state index in [9.17, 15) is 4.79 Å². The average Bonchev–Trinajstić information content (AvgIpc) is 2.74. The normalized spacial score (nSPS) is 23.4. The predicted molar refractivity (Wildman–Crippen MR) is 110 cm³/mol. The first kappa shape index (κ1) is 18.8. The molecule has 2 heterocycles. The largest absolute Gasteiger partial charge is 0.495 e. The minimum absolute atomic E-state index is 0.0483. The third-order valence-electron chi connectivity index (χ3n) is 5.72. The number of nitrogens with zero attached hydrogens (tertiary/aromatic N) is 2. The minimum atomic E-state index is -0.134. The summed E-state index contributed by atoms with van der Waals surface area (Å²) in [6.07, 6.45) is 0.341. The van der Waals surface area contributed by atoms with Gasteiger partial charge in [0.2, 0.25) is 5.91 Å². The smallest absolute Gasteiger partial charge is 0.224 e. The van der Waals surface area contributed by atoms with E-state index in [4.69, 9.17) is 4.74 Å². The molecule has 2 aliphatic heterocycles. The number of rotatable bonds is 4. The lowest BCUT2D eigenvalue weighted by Crippen LogP contribution is -2.64. The van der Waals surface area contributed by atoms with Gasteiger partial charge in [-0.05, 0) is 30.2 Å². The Morgan fingerprint density at radius 2 is 1.71 bits per heavy atom. The maximum Gasteiger partial charge on any atom is 0.224 e. The summed E-state index contributed by atoms with van der Waals surface area (Å²) in [4.78, 5) is 17.0. The first-order chi connectivity index (χ1) is 13.7. The van der Waals surface area contributed by atoms with Crippen molar-refractivity contribution in [3.8, 4) is 5.75 Å². The van der Waals surface area contributed by atoms with E-state index >= 15 is 0 Å². The van der Waals surface area contributed by atoms with E-state index < -0.39 is 0 Å². The number of amides is 1. The van der Waals surface area contributed by atoms with Crippen molar-refractivity contribution in [3.05, 3.63) is 59.7 Å². The Labute approximate surface area is 166 Å². The molecule has 2 atom stereocenters. The molecule has 6 nitrogen and oxygen atoms in total. The number of para-hydroxylation sites is 2. The van der Waals surface area contributed by atoms with Crippen molar-refractivity contribution in [2.45, 2.75) is 25.7 Å². The van der Waals surface area contributed by atoms with Crippen LogP contribution in [-0.4, -0.2) is 50.4 Å². The van der Waals surface area contributed by atoms with Crippen LogP contribution in [0.5, 0.6) is 5.75 Å². The van der Waals surface area contributed by atoms with Gasteiger partial charge in [-0.3, -0.25) is 15.0 Å². The maximum atomic E-state index is 12.4. The van der Waals surface area contributed by atoms with Crippen molar-refractivity contribution in [3.63, 3.8) is 0 Å². The molecule has 4 rings (SSSR count). The van der Waals surface area contributed by atoms with Crippen LogP contribution in [0.1, 0.15) is 23.6 Å². The van der Waals surface area contributed by atoms with Crippen LogP contribution >= 0.6 is 0 Å². The molecule has 2 N–H and O–H groups in total. The molecule has 0 bridgehead atoms. The molecule has 2 aromatic rings. The molecule has 2 unspecified atom stereocenters. The molecular weight excluding hydrogens is 352 g/mol. The molecule has 0 aromatic heterocycles. The van der Waals surface area contributed by atoms with Crippen LogP contribution in [0.15, 0.2) is 48.5 Å². The Kier molecular flexibility index (Phi) is 5.50. The number of hydrogen-bond donors (Lipinski definition) is 2. The third-order valence-corrected chi connectivity index (χ3v) is 5.72. The molecule has 0 saturated carbocycles. The van der Waals surface area contributed by atoms with E-state index in [0.717, 1.165) is 37.6 Å². The van der Waals surface area contributed by atoms with Crippen LogP contribution in [-0.2, 0) is 4.79 Å². The second kappa shape index (κ2) is 8.20. The minimum Gasteiger partial charge on any atom is -0.495 e. The van der Waals surface area contributed by atoms with E-state index in [1.54, 1.807) is 7.11 Å². The highest BCUT2D eigenvalue weighted by atomic mass is 16.5. The summed E-state index contributed by atoms with van der Waals surface area (Å²) < 4.78 is 5.51. The highest BCUT2D eigenvalue weighted by molar-refractivity contribution is 5.78. The van der Waals surface area contributed by atoms with E-state index in [1.807, 2.05) is 30.3 Å². The van der Waals surface area contributed by atoms with Gasteiger partial charge in [-0.1, -0.05) is 36.4 Å². The summed E-state index contributed by atoms with van der Waals surface area (Å²) in [6, 6.07) is 16.5. The summed E-state index contributed by atoms with van der Waals surface area (Å²) in [7, 11) is 1.71. The predicted octanol–water partition coefficient (Wildman–Crippen LogP) is 2.26. The molecule has 28 heavy (non-hydrogen) atoms. The summed E-state index contributed by atoms with van der Waals surface area (Å²) in [5.74, 6) is 1.00. The second-order valence-electron chi connectivity index (χ2n) is 7.44. The Morgan fingerprint density at radius 1 is 1.00 bits per heavy atom. The number of methoxy groups -OCH3 is 1. The van der Waals surface area contributed by atoms with Gasteiger partial charge in [0, 0.05) is 38.6 Å². The van der Waals surface area contributed by atoms with Crippen molar-refractivity contribution in [2.75, 3.05) is 38.2 Å². The van der Waals surface area contributed by atoms with Crippen LogP contribution < -0.4 is 20.3 Å². The number of nitrogens with one attached hydrogen (secondary N) is 2. The van der Waals surface area contributed by atoms with E-state index in [0.29, 0.717) is 6.42 Å². The van der Waals surface area contributed by atoms with Crippen LogP contribution in [0.4, 0.5) is 5.69 Å². The summed E-state index contributed by atoms with van der Waals surface area (Å²) >= 11 is 0. The third kappa shape index (κ3) is 3.84. The van der Waals surface area contributed by atoms with E-state index in [-0.39, 0.29) is 18.2 Å². The highest BCUT2D eigenvalue weighted by Gasteiger charge is 2.33. The molecule has 1 amide bonds. The summed E-state index contributed by atoms with van der Waals surface area (Å²) in [6.45, 7) is 5.63. The highest BCUT2D eigenvalue weighted by Crippen LogP contribution is 2.29. The molecule has 2 aliphatic rings. The average molecular weight is 380 g/mol. The SMILES string of the molecule is COc1ccccc1N1CCN(C2NC(=O)CC(c3ccccc3C)N2)CC1. The number of carbonyl (C=O) groups is 1. The lowest BCUT2D eigenvalue weighted by atomic mass is 9.97. The number of carbonyl (C=O) groups excluding carboxylic acids is 1. The van der Waals surface area contributed by atoms with Crippen molar-refractivity contribution >= 4 is 11.6 Å². The van der Waals surface area contributed by atoms with Crippen molar-refractivity contribution < 1.29 is 9.53 Å². The quantitative estimate of drug-likeness (QED) is 0.852. The molecule has 2 fully saturated rings. The fourth-order valence-corrected chi connectivity index (χ4v) is 4.17. The zero-order chi connectivity index (χ0) is 19.5. The number of anilines is 1. The molecular formula is C22H28N4O2. The monoisotopic (exact) mass is 380 g/mol. The van der Waals surface area contributed by atoms with Crippen molar-refractivity contribution in [2.24, 2.45) is 0 Å². The second-order valence-corrected chi connectivity index (χ2v) is 7.44. The first-order valence-corrected chi connectivity index (χ1v) is 9.88. The summed E-state index contributed by atoms with van der Waals surface area (Å²) in [5, 5.41) is 6.75. The number of ether oxygens (including phenoxy) is 1. The molecule has 2 saturated heterocycles.